The Morgan fingerprint density at radius 1 is 1.45 bits per heavy atom. The first-order valence-corrected chi connectivity index (χ1v) is 6.88. The summed E-state index contributed by atoms with van der Waals surface area (Å²) in [7, 11) is 3.34. The topological polar surface area (TPSA) is 41.6 Å². The van der Waals surface area contributed by atoms with Crippen LogP contribution in [0.3, 0.4) is 0 Å². The Morgan fingerprint density at radius 3 is 2.85 bits per heavy atom. The highest BCUT2D eigenvalue weighted by atomic mass is 19.1. The number of anilines is 1. The van der Waals surface area contributed by atoms with Crippen molar-refractivity contribution in [1.29, 1.82) is 0 Å². The van der Waals surface area contributed by atoms with Gasteiger partial charge in [0, 0.05) is 33.9 Å². The molecule has 0 aliphatic heterocycles. The third-order valence-electron chi connectivity index (χ3n) is 2.98. The van der Waals surface area contributed by atoms with E-state index in [2.05, 4.69) is 5.32 Å². The molecule has 0 heterocycles. The van der Waals surface area contributed by atoms with E-state index in [-0.39, 0.29) is 11.6 Å². The number of ether oxygens (including phenoxy) is 1. The average molecular weight is 282 g/mol. The normalized spacial score (nSPS) is 10.4. The summed E-state index contributed by atoms with van der Waals surface area (Å²) in [6.45, 7) is 3.80. The van der Waals surface area contributed by atoms with Gasteiger partial charge in [0.2, 0.25) is 0 Å². The van der Waals surface area contributed by atoms with Gasteiger partial charge in [0.05, 0.1) is 11.3 Å². The van der Waals surface area contributed by atoms with E-state index in [1.54, 1.807) is 31.2 Å². The number of nitrogens with one attached hydrogen (secondary N) is 1. The minimum Gasteiger partial charge on any atom is -0.385 e. The Hall–Kier alpha value is -1.62. The Bertz CT molecular complexity index is 438. The highest BCUT2D eigenvalue weighted by Crippen LogP contribution is 2.21. The molecule has 20 heavy (non-hydrogen) atoms. The molecule has 5 heteroatoms. The number of amides is 1. The van der Waals surface area contributed by atoms with Crippen LogP contribution in [0.4, 0.5) is 10.1 Å². The Kier molecular flexibility index (Phi) is 7.01. The molecule has 0 spiro atoms. The smallest absolute Gasteiger partial charge is 0.255 e. The third-order valence-corrected chi connectivity index (χ3v) is 2.98. The summed E-state index contributed by atoms with van der Waals surface area (Å²) in [5.41, 5.74) is 0.663. The number of methoxy groups -OCH3 is 1. The maximum absolute atomic E-state index is 13.9. The number of benzene rings is 1. The number of carbonyl (C=O) groups excluding carboxylic acids is 1. The summed E-state index contributed by atoms with van der Waals surface area (Å²) in [6, 6.07) is 4.57. The number of rotatable bonds is 8. The largest absolute Gasteiger partial charge is 0.385 e. The van der Waals surface area contributed by atoms with Crippen LogP contribution in [0.25, 0.3) is 0 Å². The zero-order valence-electron chi connectivity index (χ0n) is 12.4. The average Bonchev–Trinajstić information content (AvgIpc) is 2.45. The molecule has 0 saturated heterocycles. The highest BCUT2D eigenvalue weighted by Gasteiger charge is 2.18. The predicted molar refractivity (Wildman–Crippen MR) is 78.6 cm³/mol. The zero-order chi connectivity index (χ0) is 15.0. The molecule has 1 N–H and O–H groups in total. The Morgan fingerprint density at radius 2 is 2.20 bits per heavy atom. The number of nitrogens with zero attached hydrogens (tertiary/aromatic N) is 1. The summed E-state index contributed by atoms with van der Waals surface area (Å²) in [6.07, 6.45) is 1.62. The monoisotopic (exact) mass is 282 g/mol. The predicted octanol–water partition coefficient (Wildman–Crippen LogP) is 2.76. The fourth-order valence-electron chi connectivity index (χ4n) is 1.89. The summed E-state index contributed by atoms with van der Waals surface area (Å²) in [4.78, 5) is 13.9. The van der Waals surface area contributed by atoms with Gasteiger partial charge in [-0.1, -0.05) is 13.0 Å². The van der Waals surface area contributed by atoms with Gasteiger partial charge in [-0.25, -0.2) is 4.39 Å². The van der Waals surface area contributed by atoms with Crippen molar-refractivity contribution in [3.8, 4) is 0 Å². The number of para-hydroxylation sites is 1. The third kappa shape index (κ3) is 4.49. The van der Waals surface area contributed by atoms with E-state index in [0.29, 0.717) is 25.3 Å². The van der Waals surface area contributed by atoms with Crippen molar-refractivity contribution in [3.05, 3.63) is 29.6 Å². The van der Waals surface area contributed by atoms with E-state index in [9.17, 15) is 9.18 Å². The van der Waals surface area contributed by atoms with Gasteiger partial charge >= 0.3 is 0 Å². The van der Waals surface area contributed by atoms with Crippen molar-refractivity contribution in [3.63, 3.8) is 0 Å². The van der Waals surface area contributed by atoms with Gasteiger partial charge in [0.25, 0.3) is 5.91 Å². The fraction of sp³-hybridized carbons (Fsp3) is 0.533. The molecule has 1 aromatic carbocycles. The van der Waals surface area contributed by atoms with Crippen molar-refractivity contribution in [2.45, 2.75) is 19.8 Å². The van der Waals surface area contributed by atoms with Crippen LogP contribution in [0.15, 0.2) is 18.2 Å². The van der Waals surface area contributed by atoms with Gasteiger partial charge in [-0.15, -0.1) is 0 Å². The van der Waals surface area contributed by atoms with Crippen molar-refractivity contribution >= 4 is 11.6 Å². The molecule has 112 valence electrons. The molecule has 4 nitrogen and oxygen atoms in total. The summed E-state index contributed by atoms with van der Waals surface area (Å²) < 4.78 is 18.8. The summed E-state index contributed by atoms with van der Waals surface area (Å²) in [5.74, 6) is -0.575. The second kappa shape index (κ2) is 8.53. The second-order valence-corrected chi connectivity index (χ2v) is 4.66. The van der Waals surface area contributed by atoms with E-state index < -0.39 is 5.82 Å². The van der Waals surface area contributed by atoms with Crippen LogP contribution < -0.4 is 5.32 Å². The minimum absolute atomic E-state index is 0.181. The van der Waals surface area contributed by atoms with Crippen LogP contribution >= 0.6 is 0 Å². The fourth-order valence-corrected chi connectivity index (χ4v) is 1.89. The lowest BCUT2D eigenvalue weighted by Gasteiger charge is -2.19. The van der Waals surface area contributed by atoms with Crippen LogP contribution in [0, 0.1) is 5.82 Å². The van der Waals surface area contributed by atoms with Crippen molar-refractivity contribution in [2.75, 3.05) is 39.2 Å². The molecule has 1 aromatic rings. The van der Waals surface area contributed by atoms with Gasteiger partial charge in [-0.2, -0.15) is 0 Å². The van der Waals surface area contributed by atoms with Crippen LogP contribution in [-0.2, 0) is 4.74 Å². The molecule has 0 aliphatic carbocycles. The Labute approximate surface area is 119 Å². The number of hydrogen-bond donors (Lipinski definition) is 1. The lowest BCUT2D eigenvalue weighted by Crippen LogP contribution is -2.29. The first kappa shape index (κ1) is 16.4. The van der Waals surface area contributed by atoms with E-state index in [4.69, 9.17) is 4.74 Å². The van der Waals surface area contributed by atoms with Crippen molar-refractivity contribution in [1.82, 2.24) is 4.90 Å². The van der Waals surface area contributed by atoms with E-state index in [1.807, 2.05) is 6.92 Å². The van der Waals surface area contributed by atoms with Crippen LogP contribution in [0.5, 0.6) is 0 Å². The van der Waals surface area contributed by atoms with E-state index in [0.717, 1.165) is 12.8 Å². The number of halogens is 1. The lowest BCUT2D eigenvalue weighted by atomic mass is 10.1. The van der Waals surface area contributed by atoms with E-state index in [1.165, 1.54) is 6.07 Å². The quantitative estimate of drug-likeness (QED) is 0.745. The molecule has 0 unspecified atom stereocenters. The summed E-state index contributed by atoms with van der Waals surface area (Å²) >= 11 is 0. The van der Waals surface area contributed by atoms with Crippen molar-refractivity contribution < 1.29 is 13.9 Å². The maximum atomic E-state index is 13.9. The minimum atomic E-state index is -0.394. The van der Waals surface area contributed by atoms with Crippen LogP contribution in [0.1, 0.15) is 30.1 Å². The van der Waals surface area contributed by atoms with Gasteiger partial charge in [-0.3, -0.25) is 4.79 Å². The molecule has 0 radical (unpaired) electrons. The molecular weight excluding hydrogens is 259 g/mol. The molecule has 1 rings (SSSR count). The first-order chi connectivity index (χ1) is 9.61. The maximum Gasteiger partial charge on any atom is 0.255 e. The standard InChI is InChI=1S/C15H23FN2O2/c1-4-9-17-14-12(7-5-8-13(14)16)15(19)18(2)10-6-11-20-3/h5,7-8,17H,4,6,9-11H2,1-3H3. The molecule has 1 amide bonds. The van der Waals surface area contributed by atoms with Gasteiger partial charge in [-0.05, 0) is 25.0 Å². The molecule has 0 bridgehead atoms. The summed E-state index contributed by atoms with van der Waals surface area (Å²) in [5, 5.41) is 2.99. The highest BCUT2D eigenvalue weighted by molar-refractivity contribution is 5.99. The van der Waals surface area contributed by atoms with E-state index >= 15 is 0 Å². The number of hydrogen-bond acceptors (Lipinski definition) is 3. The second-order valence-electron chi connectivity index (χ2n) is 4.66. The van der Waals surface area contributed by atoms with Crippen LogP contribution in [-0.4, -0.2) is 44.7 Å². The lowest BCUT2D eigenvalue weighted by molar-refractivity contribution is 0.0780. The molecule has 0 aromatic heterocycles. The van der Waals surface area contributed by atoms with Gasteiger partial charge in [0.15, 0.2) is 0 Å². The molecule has 0 fully saturated rings. The molecular formula is C15H23FN2O2. The van der Waals surface area contributed by atoms with Crippen molar-refractivity contribution in [2.24, 2.45) is 0 Å². The Balaban J connectivity index is 2.83. The molecule has 0 aliphatic rings. The molecule has 0 saturated carbocycles. The first-order valence-electron chi connectivity index (χ1n) is 6.88. The number of carbonyl (C=O) groups is 1. The van der Waals surface area contributed by atoms with Gasteiger partial charge in [0.1, 0.15) is 5.82 Å². The molecule has 0 atom stereocenters. The zero-order valence-corrected chi connectivity index (χ0v) is 12.4. The van der Waals surface area contributed by atoms with Gasteiger partial charge < -0.3 is 15.0 Å². The van der Waals surface area contributed by atoms with Crippen LogP contribution in [0.2, 0.25) is 0 Å². The SMILES string of the molecule is CCCNc1c(F)cccc1C(=O)N(C)CCCOC.